The van der Waals surface area contributed by atoms with Crippen LogP contribution < -0.4 is 0 Å². The van der Waals surface area contributed by atoms with Crippen LogP contribution in [0.15, 0.2) is 18.3 Å². The van der Waals surface area contributed by atoms with Crippen LogP contribution in [0.1, 0.15) is 64.0 Å². The van der Waals surface area contributed by atoms with Crippen molar-refractivity contribution in [1.29, 1.82) is 0 Å². The number of amides is 1. The van der Waals surface area contributed by atoms with E-state index in [4.69, 9.17) is 30.0 Å². The summed E-state index contributed by atoms with van der Waals surface area (Å²) in [5.74, 6) is -0.340. The van der Waals surface area contributed by atoms with E-state index in [9.17, 15) is 13.6 Å². The summed E-state index contributed by atoms with van der Waals surface area (Å²) in [6, 6.07) is 2.39. The van der Waals surface area contributed by atoms with Gasteiger partial charge in [-0.2, -0.15) is 0 Å². The van der Waals surface area contributed by atoms with Gasteiger partial charge in [0, 0.05) is 22.8 Å². The summed E-state index contributed by atoms with van der Waals surface area (Å²) in [6.07, 6.45) is -5.03. The Bertz CT molecular complexity index is 634. The zero-order valence-electron chi connectivity index (χ0n) is 16.5. The highest BCUT2D eigenvalue weighted by atomic mass is 19.3. The van der Waals surface area contributed by atoms with Crippen LogP contribution in [0.5, 0.6) is 0 Å². The van der Waals surface area contributed by atoms with Crippen LogP contribution in [0, 0.1) is 0 Å². The van der Waals surface area contributed by atoms with Crippen molar-refractivity contribution >= 4 is 18.2 Å². The minimum Gasteiger partial charge on any atom is -0.450 e. The minimum absolute atomic E-state index is 0.0488. The van der Waals surface area contributed by atoms with E-state index in [0.29, 0.717) is 0 Å². The molecule has 1 aromatic heterocycles. The number of nitrogens with zero attached hydrogens (tertiary/aromatic N) is 2. The Labute approximate surface area is 161 Å². The Hall–Kier alpha value is -2.98. The standard InChI is InChI=1S/C15H22F2N2O.2CH2O3/c1-14(2,3)19(15(4,5)6)13(20)11-9-10(12(16)17)7-8-18-11;2*2-1(3)4/h7-9,12H,1-6H3;2*(H2,2,3,4). The second-order valence-electron chi connectivity index (χ2n) is 7.32. The molecule has 11 heteroatoms. The summed E-state index contributed by atoms with van der Waals surface area (Å²) >= 11 is 0. The van der Waals surface area contributed by atoms with Crippen LogP contribution in [0.25, 0.3) is 0 Å². The molecule has 0 unspecified atom stereocenters. The summed E-state index contributed by atoms with van der Waals surface area (Å²) in [7, 11) is 0. The second-order valence-corrected chi connectivity index (χ2v) is 7.32. The van der Waals surface area contributed by atoms with Crippen molar-refractivity contribution in [1.82, 2.24) is 9.88 Å². The van der Waals surface area contributed by atoms with Crippen molar-refractivity contribution in [3.05, 3.63) is 29.6 Å². The third-order valence-electron chi connectivity index (χ3n) is 2.80. The summed E-state index contributed by atoms with van der Waals surface area (Å²) < 4.78 is 25.5. The number of carbonyl (C=O) groups excluding carboxylic acids is 1. The van der Waals surface area contributed by atoms with Crippen LogP contribution in [-0.4, -0.2) is 59.6 Å². The van der Waals surface area contributed by atoms with Crippen LogP contribution in [0.4, 0.5) is 18.4 Å². The predicted octanol–water partition coefficient (Wildman–Crippen LogP) is 4.50. The van der Waals surface area contributed by atoms with Gasteiger partial charge in [-0.25, -0.2) is 18.4 Å². The second kappa shape index (κ2) is 11.0. The molecule has 0 aromatic carbocycles. The van der Waals surface area contributed by atoms with Crippen LogP contribution in [0.3, 0.4) is 0 Å². The molecular weight excluding hydrogens is 382 g/mol. The molecule has 0 atom stereocenters. The highest BCUT2D eigenvalue weighted by Crippen LogP contribution is 2.27. The van der Waals surface area contributed by atoms with Crippen molar-refractivity contribution in [3.8, 4) is 0 Å². The third kappa shape index (κ3) is 11.6. The first kappa shape index (κ1) is 27.2. The van der Waals surface area contributed by atoms with Gasteiger partial charge in [-0.1, -0.05) is 0 Å². The molecule has 0 saturated carbocycles. The lowest BCUT2D eigenvalue weighted by molar-refractivity contribution is 0.0264. The number of hydrogen-bond donors (Lipinski definition) is 4. The molecule has 28 heavy (non-hydrogen) atoms. The maximum Gasteiger partial charge on any atom is 0.503 e. The van der Waals surface area contributed by atoms with E-state index in [1.54, 1.807) is 4.90 Å². The highest BCUT2D eigenvalue weighted by molar-refractivity contribution is 5.93. The summed E-state index contributed by atoms with van der Waals surface area (Å²) in [5, 5.41) is 27.9. The van der Waals surface area contributed by atoms with Crippen LogP contribution in [0.2, 0.25) is 0 Å². The molecule has 0 aliphatic heterocycles. The topological polar surface area (TPSA) is 148 Å². The molecule has 0 spiro atoms. The molecule has 0 saturated heterocycles. The van der Waals surface area contributed by atoms with Crippen molar-refractivity contribution in [2.75, 3.05) is 0 Å². The van der Waals surface area contributed by atoms with Gasteiger partial charge in [-0.3, -0.25) is 9.78 Å². The van der Waals surface area contributed by atoms with Gasteiger partial charge in [0.05, 0.1) is 0 Å². The number of pyridine rings is 1. The van der Waals surface area contributed by atoms with Gasteiger partial charge in [0.15, 0.2) is 0 Å². The molecule has 0 aliphatic carbocycles. The fourth-order valence-corrected chi connectivity index (χ4v) is 2.43. The normalized spacial score (nSPS) is 10.8. The number of rotatable bonds is 2. The summed E-state index contributed by atoms with van der Waals surface area (Å²) in [6.45, 7) is 11.5. The molecule has 1 amide bonds. The van der Waals surface area contributed by atoms with Gasteiger partial charge in [-0.05, 0) is 53.7 Å². The van der Waals surface area contributed by atoms with E-state index in [-0.39, 0.29) is 17.2 Å². The Morgan fingerprint density at radius 3 is 1.57 bits per heavy atom. The molecular formula is C17H26F2N2O7. The smallest absolute Gasteiger partial charge is 0.450 e. The lowest BCUT2D eigenvalue weighted by atomic mass is 9.95. The number of aromatic nitrogens is 1. The monoisotopic (exact) mass is 408 g/mol. The van der Waals surface area contributed by atoms with Crippen molar-refractivity contribution < 1.29 is 43.6 Å². The van der Waals surface area contributed by atoms with E-state index in [1.165, 1.54) is 12.3 Å². The lowest BCUT2D eigenvalue weighted by Crippen LogP contribution is -2.55. The highest BCUT2D eigenvalue weighted by Gasteiger charge is 2.36. The van der Waals surface area contributed by atoms with Gasteiger partial charge in [-0.15, -0.1) is 0 Å². The first-order chi connectivity index (χ1) is 12.4. The SMILES string of the molecule is CC(C)(C)N(C(=O)c1cc(C(F)F)ccn1)C(C)(C)C.O=C(O)O.O=C(O)O. The van der Waals surface area contributed by atoms with E-state index < -0.39 is 29.8 Å². The van der Waals surface area contributed by atoms with Crippen molar-refractivity contribution in [3.63, 3.8) is 0 Å². The van der Waals surface area contributed by atoms with Gasteiger partial charge in [0.1, 0.15) is 5.69 Å². The zero-order valence-corrected chi connectivity index (χ0v) is 16.5. The zero-order chi connectivity index (χ0) is 22.9. The summed E-state index contributed by atoms with van der Waals surface area (Å²) in [4.78, 5) is 35.4. The average Bonchev–Trinajstić information content (AvgIpc) is 2.43. The summed E-state index contributed by atoms with van der Waals surface area (Å²) in [5.41, 5.74) is -1.01. The first-order valence-corrected chi connectivity index (χ1v) is 7.83. The van der Waals surface area contributed by atoms with E-state index in [0.717, 1.165) is 6.07 Å². The Kier molecular flexibility index (Phi) is 10.7. The maximum absolute atomic E-state index is 12.7. The van der Waals surface area contributed by atoms with E-state index in [2.05, 4.69) is 4.98 Å². The quantitative estimate of drug-likeness (QED) is 0.559. The third-order valence-corrected chi connectivity index (χ3v) is 2.80. The van der Waals surface area contributed by atoms with E-state index >= 15 is 0 Å². The number of hydrogen-bond acceptors (Lipinski definition) is 4. The Morgan fingerprint density at radius 1 is 0.929 bits per heavy atom. The number of alkyl halides is 2. The molecule has 160 valence electrons. The number of halogens is 2. The molecule has 0 bridgehead atoms. The molecule has 0 fully saturated rings. The molecule has 4 N–H and O–H groups in total. The average molecular weight is 408 g/mol. The first-order valence-electron chi connectivity index (χ1n) is 7.83. The Morgan fingerprint density at radius 2 is 1.29 bits per heavy atom. The van der Waals surface area contributed by atoms with Crippen LogP contribution in [-0.2, 0) is 0 Å². The fraction of sp³-hybridized carbons (Fsp3) is 0.529. The fourth-order valence-electron chi connectivity index (χ4n) is 2.43. The molecule has 1 heterocycles. The Balaban J connectivity index is 0. The van der Waals surface area contributed by atoms with Crippen molar-refractivity contribution in [2.45, 2.75) is 59.0 Å². The maximum atomic E-state index is 12.7. The number of carbonyl (C=O) groups is 3. The largest absolute Gasteiger partial charge is 0.503 e. The van der Waals surface area contributed by atoms with Gasteiger partial charge < -0.3 is 25.3 Å². The van der Waals surface area contributed by atoms with Gasteiger partial charge >= 0.3 is 12.3 Å². The van der Waals surface area contributed by atoms with Gasteiger partial charge in [0.25, 0.3) is 12.3 Å². The van der Waals surface area contributed by atoms with Crippen molar-refractivity contribution in [2.24, 2.45) is 0 Å². The molecule has 0 aliphatic rings. The number of carboxylic acid groups (broad SMARTS) is 4. The lowest BCUT2D eigenvalue weighted by Gasteiger charge is -2.45. The molecule has 0 radical (unpaired) electrons. The molecule has 1 aromatic rings. The minimum atomic E-state index is -2.61. The van der Waals surface area contributed by atoms with E-state index in [1.807, 2.05) is 41.5 Å². The van der Waals surface area contributed by atoms with Crippen LogP contribution >= 0.6 is 0 Å². The predicted molar refractivity (Wildman–Crippen MR) is 96.2 cm³/mol. The van der Waals surface area contributed by atoms with Gasteiger partial charge in [0.2, 0.25) is 0 Å². The molecule has 1 rings (SSSR count). The molecule has 9 nitrogen and oxygen atoms in total.